The Balaban J connectivity index is 1.84. The number of benzene rings is 1. The molecule has 128 valence electrons. The van der Waals surface area contributed by atoms with Gasteiger partial charge in [-0.1, -0.05) is 13.8 Å². The van der Waals surface area contributed by atoms with Gasteiger partial charge in [-0.25, -0.2) is 0 Å². The number of primary amides is 1. The van der Waals surface area contributed by atoms with Gasteiger partial charge in [-0.2, -0.15) is 0 Å². The van der Waals surface area contributed by atoms with Crippen LogP contribution in [0, 0.1) is 0 Å². The van der Waals surface area contributed by atoms with E-state index in [1.165, 1.54) is 11.3 Å². The van der Waals surface area contributed by atoms with Gasteiger partial charge < -0.3 is 25.5 Å². The van der Waals surface area contributed by atoms with E-state index in [4.69, 9.17) is 20.6 Å². The van der Waals surface area contributed by atoms with Crippen LogP contribution < -0.4 is 16.2 Å². The molecule has 3 rings (SSSR count). The monoisotopic (exact) mass is 347 g/mol. The Bertz CT molecular complexity index is 880. The predicted molar refractivity (Wildman–Crippen MR) is 97.8 cm³/mol. The van der Waals surface area contributed by atoms with Gasteiger partial charge in [0.15, 0.2) is 5.58 Å². The molecule has 6 nitrogen and oxygen atoms in total. The quantitative estimate of drug-likeness (QED) is 0.685. The summed E-state index contributed by atoms with van der Waals surface area (Å²) in [5.41, 5.74) is 12.2. The maximum absolute atomic E-state index is 11.3. The lowest BCUT2D eigenvalue weighted by molar-refractivity contribution is 0.0977. The van der Waals surface area contributed by atoms with Crippen molar-refractivity contribution in [2.45, 2.75) is 13.8 Å². The third-order valence-corrected chi connectivity index (χ3v) is 5.27. The molecule has 7 heteroatoms. The molecule has 0 aliphatic rings. The molecule has 0 aliphatic carbocycles. The first kappa shape index (κ1) is 16.6. The van der Waals surface area contributed by atoms with Gasteiger partial charge in [0, 0.05) is 16.6 Å². The zero-order valence-corrected chi connectivity index (χ0v) is 14.6. The van der Waals surface area contributed by atoms with Crippen molar-refractivity contribution in [3.8, 4) is 5.75 Å². The molecule has 0 aliphatic heterocycles. The molecule has 1 amide bonds. The molecular formula is C17H21N3O3S. The van der Waals surface area contributed by atoms with E-state index < -0.39 is 5.91 Å². The number of rotatable bonds is 7. The Labute approximate surface area is 143 Å². The van der Waals surface area contributed by atoms with Crippen molar-refractivity contribution in [2.24, 2.45) is 5.73 Å². The Morgan fingerprint density at radius 2 is 2.08 bits per heavy atom. The summed E-state index contributed by atoms with van der Waals surface area (Å²) < 4.78 is 13.2. The topological polar surface area (TPSA) is 94.7 Å². The van der Waals surface area contributed by atoms with Crippen LogP contribution >= 0.6 is 11.3 Å². The van der Waals surface area contributed by atoms with E-state index in [0.29, 0.717) is 17.9 Å². The number of carbonyl (C=O) groups is 1. The van der Waals surface area contributed by atoms with Crippen molar-refractivity contribution in [3.63, 3.8) is 0 Å². The van der Waals surface area contributed by atoms with Gasteiger partial charge in [0.05, 0.1) is 4.70 Å². The van der Waals surface area contributed by atoms with Crippen LogP contribution in [0.3, 0.4) is 0 Å². The van der Waals surface area contributed by atoms with Gasteiger partial charge in [-0.3, -0.25) is 4.79 Å². The lowest BCUT2D eigenvalue weighted by atomic mass is 10.2. The number of furan rings is 1. The van der Waals surface area contributed by atoms with Gasteiger partial charge in [0.1, 0.15) is 18.0 Å². The summed E-state index contributed by atoms with van der Waals surface area (Å²) in [5, 5.41) is 0.908. The molecule has 24 heavy (non-hydrogen) atoms. The molecule has 0 radical (unpaired) electrons. The number of likely N-dealkylation sites (N-methyl/N-ethyl adjacent to an activating group) is 1. The van der Waals surface area contributed by atoms with Crippen LogP contribution in [0.4, 0.5) is 5.69 Å². The summed E-state index contributed by atoms with van der Waals surface area (Å²) in [6, 6.07) is 5.80. The number of fused-ring (bicyclic) bond motifs is 3. The number of nitrogen functional groups attached to an aromatic ring is 1. The van der Waals surface area contributed by atoms with Crippen LogP contribution in [0.5, 0.6) is 5.75 Å². The summed E-state index contributed by atoms with van der Waals surface area (Å²) in [6.07, 6.45) is 0. The first-order valence-corrected chi connectivity index (χ1v) is 8.76. The van der Waals surface area contributed by atoms with Gasteiger partial charge in [-0.05, 0) is 31.3 Å². The van der Waals surface area contributed by atoms with E-state index in [0.717, 1.165) is 40.2 Å². The number of hydrogen-bond donors (Lipinski definition) is 2. The number of thiophene rings is 1. The molecule has 2 aromatic heterocycles. The van der Waals surface area contributed by atoms with Crippen LogP contribution in [-0.4, -0.2) is 37.0 Å². The maximum atomic E-state index is 11.3. The van der Waals surface area contributed by atoms with Crippen molar-refractivity contribution < 1.29 is 13.9 Å². The minimum Gasteiger partial charge on any atom is -0.492 e. The zero-order chi connectivity index (χ0) is 17.3. The minimum atomic E-state index is -0.652. The minimum absolute atomic E-state index is 0.0256. The number of anilines is 1. The SMILES string of the molecule is CCN(CC)CCOc1ccc2c(c1)sc1c(N)c(C(N)=O)oc12. The van der Waals surface area contributed by atoms with E-state index in [9.17, 15) is 4.79 Å². The lowest BCUT2D eigenvalue weighted by Gasteiger charge is -2.17. The summed E-state index contributed by atoms with van der Waals surface area (Å²) in [7, 11) is 0. The number of nitrogens with two attached hydrogens (primary N) is 2. The highest BCUT2D eigenvalue weighted by atomic mass is 32.1. The summed E-state index contributed by atoms with van der Waals surface area (Å²) in [6.45, 7) is 7.85. The third-order valence-electron chi connectivity index (χ3n) is 4.10. The highest BCUT2D eigenvalue weighted by Crippen LogP contribution is 2.41. The largest absolute Gasteiger partial charge is 0.492 e. The van der Waals surface area contributed by atoms with Crippen LogP contribution in [0.1, 0.15) is 24.4 Å². The van der Waals surface area contributed by atoms with Gasteiger partial charge in [0.2, 0.25) is 5.76 Å². The Morgan fingerprint density at radius 3 is 2.75 bits per heavy atom. The average molecular weight is 347 g/mol. The normalized spacial score (nSPS) is 11.6. The summed E-state index contributed by atoms with van der Waals surface area (Å²) >= 11 is 1.47. The first-order valence-electron chi connectivity index (χ1n) is 7.94. The van der Waals surface area contributed by atoms with Gasteiger partial charge in [0.25, 0.3) is 5.91 Å². The van der Waals surface area contributed by atoms with Gasteiger partial charge >= 0.3 is 0 Å². The van der Waals surface area contributed by atoms with Crippen LogP contribution in [0.15, 0.2) is 22.6 Å². The predicted octanol–water partition coefficient (Wildman–Crippen LogP) is 3.05. The van der Waals surface area contributed by atoms with E-state index in [2.05, 4.69) is 18.7 Å². The fourth-order valence-corrected chi connectivity index (χ4v) is 3.81. The molecule has 1 aromatic carbocycles. The molecular weight excluding hydrogens is 326 g/mol. The second-order valence-corrected chi connectivity index (χ2v) is 6.55. The van der Waals surface area contributed by atoms with Crippen molar-refractivity contribution in [1.82, 2.24) is 4.90 Å². The Hall–Kier alpha value is -2.25. The Morgan fingerprint density at radius 1 is 1.33 bits per heavy atom. The molecule has 0 saturated heterocycles. The number of amides is 1. The van der Waals surface area contributed by atoms with Crippen molar-refractivity contribution in [2.75, 3.05) is 32.0 Å². The number of nitrogens with zero attached hydrogens (tertiary/aromatic N) is 1. The van der Waals surface area contributed by atoms with Crippen molar-refractivity contribution in [1.29, 1.82) is 0 Å². The maximum Gasteiger partial charge on any atom is 0.286 e. The standard InChI is InChI=1S/C17H21N3O3S/c1-3-20(4-2)7-8-22-10-5-6-11-12(9-10)24-16-13(18)15(17(19)21)23-14(11)16/h5-6,9H,3-4,7-8,18H2,1-2H3,(H2,19,21). The van der Waals surface area contributed by atoms with E-state index >= 15 is 0 Å². The van der Waals surface area contributed by atoms with Crippen LogP contribution in [0.25, 0.3) is 20.4 Å². The smallest absolute Gasteiger partial charge is 0.286 e. The lowest BCUT2D eigenvalue weighted by Crippen LogP contribution is -2.27. The fraction of sp³-hybridized carbons (Fsp3) is 0.353. The molecule has 0 spiro atoms. The summed E-state index contributed by atoms with van der Waals surface area (Å²) in [5.74, 6) is 0.186. The zero-order valence-electron chi connectivity index (χ0n) is 13.8. The molecule has 3 aromatic rings. The van der Waals surface area contributed by atoms with Crippen molar-refractivity contribution in [3.05, 3.63) is 24.0 Å². The first-order chi connectivity index (χ1) is 11.5. The molecule has 0 fully saturated rings. The molecule has 0 atom stereocenters. The second kappa shape index (κ2) is 6.70. The number of hydrogen-bond acceptors (Lipinski definition) is 6. The van der Waals surface area contributed by atoms with E-state index in [-0.39, 0.29) is 5.76 Å². The van der Waals surface area contributed by atoms with E-state index in [1.807, 2.05) is 18.2 Å². The molecule has 0 saturated carbocycles. The highest BCUT2D eigenvalue weighted by molar-refractivity contribution is 7.26. The van der Waals surface area contributed by atoms with E-state index in [1.54, 1.807) is 0 Å². The average Bonchev–Trinajstić information content (AvgIpc) is 3.08. The van der Waals surface area contributed by atoms with Crippen LogP contribution in [0.2, 0.25) is 0 Å². The molecule has 2 heterocycles. The molecule has 0 bridgehead atoms. The number of carbonyl (C=O) groups excluding carboxylic acids is 1. The van der Waals surface area contributed by atoms with Gasteiger partial charge in [-0.15, -0.1) is 11.3 Å². The highest BCUT2D eigenvalue weighted by Gasteiger charge is 2.20. The van der Waals surface area contributed by atoms with Crippen LogP contribution in [-0.2, 0) is 0 Å². The summed E-state index contributed by atoms with van der Waals surface area (Å²) in [4.78, 5) is 13.6. The fourth-order valence-electron chi connectivity index (χ4n) is 2.70. The second-order valence-electron chi connectivity index (χ2n) is 5.50. The molecule has 0 unspecified atom stereocenters. The Kier molecular flexibility index (Phi) is 4.64. The number of ether oxygens (including phenoxy) is 1. The van der Waals surface area contributed by atoms with Crippen molar-refractivity contribution >= 4 is 43.3 Å². The third kappa shape index (κ3) is 2.92. The molecule has 4 N–H and O–H groups in total.